The molecule has 2 amide bonds. The molecule has 162 valence electrons. The Hall–Kier alpha value is -3.13. The van der Waals surface area contributed by atoms with Gasteiger partial charge in [0.15, 0.2) is 0 Å². The first-order valence-corrected chi connectivity index (χ1v) is 10.2. The maximum Gasteiger partial charge on any atom is 0.416 e. The van der Waals surface area contributed by atoms with Gasteiger partial charge in [-0.1, -0.05) is 30.3 Å². The van der Waals surface area contributed by atoms with E-state index in [2.05, 4.69) is 15.2 Å². The van der Waals surface area contributed by atoms with Gasteiger partial charge in [0.2, 0.25) is 0 Å². The summed E-state index contributed by atoms with van der Waals surface area (Å²) >= 11 is 0. The van der Waals surface area contributed by atoms with Crippen LogP contribution in [0.2, 0.25) is 0 Å². The van der Waals surface area contributed by atoms with E-state index in [-0.39, 0.29) is 6.03 Å². The van der Waals surface area contributed by atoms with Crippen molar-refractivity contribution in [2.24, 2.45) is 0 Å². The van der Waals surface area contributed by atoms with Crippen LogP contribution in [0.1, 0.15) is 17.5 Å². The van der Waals surface area contributed by atoms with Gasteiger partial charge in [0.1, 0.15) is 0 Å². The summed E-state index contributed by atoms with van der Waals surface area (Å²) in [5.41, 5.74) is 1.61. The number of rotatable bonds is 3. The summed E-state index contributed by atoms with van der Waals surface area (Å²) < 4.78 is 38.2. The van der Waals surface area contributed by atoms with Crippen LogP contribution >= 0.6 is 0 Å². The lowest BCUT2D eigenvalue weighted by molar-refractivity contribution is -0.137. The van der Waals surface area contributed by atoms with E-state index in [1.54, 1.807) is 11.1 Å². The van der Waals surface area contributed by atoms with Gasteiger partial charge in [0.25, 0.3) is 0 Å². The predicted molar refractivity (Wildman–Crippen MR) is 114 cm³/mol. The fourth-order valence-electron chi connectivity index (χ4n) is 3.79. The van der Waals surface area contributed by atoms with Gasteiger partial charge in [0, 0.05) is 44.3 Å². The van der Waals surface area contributed by atoms with Crippen molar-refractivity contribution in [3.05, 3.63) is 71.9 Å². The lowest BCUT2D eigenvalue weighted by Gasteiger charge is -2.22. The number of aromatic nitrogens is 1. The summed E-state index contributed by atoms with van der Waals surface area (Å²) in [6, 6.07) is 14.6. The zero-order chi connectivity index (χ0) is 21.8. The van der Waals surface area contributed by atoms with E-state index >= 15 is 0 Å². The molecule has 0 atom stereocenters. The van der Waals surface area contributed by atoms with Crippen LogP contribution in [0.4, 0.5) is 23.7 Å². The highest BCUT2D eigenvalue weighted by molar-refractivity contribution is 5.99. The Kier molecular flexibility index (Phi) is 6.08. The van der Waals surface area contributed by atoms with Crippen molar-refractivity contribution in [1.29, 1.82) is 0 Å². The number of pyridine rings is 1. The van der Waals surface area contributed by atoms with Crippen molar-refractivity contribution in [2.45, 2.75) is 19.1 Å². The number of nitrogens with one attached hydrogen (secondary N) is 1. The molecule has 1 aromatic heterocycles. The monoisotopic (exact) mass is 428 g/mol. The van der Waals surface area contributed by atoms with E-state index in [0.717, 1.165) is 41.6 Å². The fraction of sp³-hybridized carbons (Fsp3) is 0.304. The number of para-hydroxylation sites is 1. The minimum atomic E-state index is -4.32. The third kappa shape index (κ3) is 5.14. The molecule has 5 nitrogen and oxygen atoms in total. The third-order valence-corrected chi connectivity index (χ3v) is 5.44. The Morgan fingerprint density at radius 3 is 2.52 bits per heavy atom. The van der Waals surface area contributed by atoms with Gasteiger partial charge in [-0.05, 0) is 36.2 Å². The predicted octanol–water partition coefficient (Wildman–Crippen LogP) is 4.99. The molecule has 0 saturated carbocycles. The second-order valence-electron chi connectivity index (χ2n) is 7.62. The van der Waals surface area contributed by atoms with Crippen LogP contribution in [-0.4, -0.2) is 47.0 Å². The summed E-state index contributed by atoms with van der Waals surface area (Å²) in [7, 11) is 0. The zero-order valence-electron chi connectivity index (χ0n) is 16.9. The summed E-state index contributed by atoms with van der Waals surface area (Å²) in [6.07, 6.45) is -1.83. The molecular formula is C23H23F3N4O. The molecule has 1 N–H and O–H groups in total. The minimum absolute atomic E-state index is 0.172. The maximum absolute atomic E-state index is 12.8. The van der Waals surface area contributed by atoms with E-state index in [1.807, 2.05) is 30.3 Å². The fourth-order valence-corrected chi connectivity index (χ4v) is 3.79. The third-order valence-electron chi connectivity index (χ3n) is 5.44. The number of anilines is 1. The van der Waals surface area contributed by atoms with Gasteiger partial charge in [-0.3, -0.25) is 9.88 Å². The maximum atomic E-state index is 12.8. The van der Waals surface area contributed by atoms with Crippen molar-refractivity contribution in [3.8, 4) is 0 Å². The molecule has 2 aromatic carbocycles. The molecule has 0 radical (unpaired) electrons. The summed E-state index contributed by atoms with van der Waals surface area (Å²) in [4.78, 5) is 21.1. The molecule has 8 heteroatoms. The summed E-state index contributed by atoms with van der Waals surface area (Å²) in [5, 5.41) is 3.92. The Morgan fingerprint density at radius 2 is 1.74 bits per heavy atom. The summed E-state index contributed by atoms with van der Waals surface area (Å²) in [6.45, 7) is 3.15. The van der Waals surface area contributed by atoms with Crippen LogP contribution in [0.25, 0.3) is 10.9 Å². The molecule has 0 unspecified atom stereocenters. The Labute approximate surface area is 178 Å². The Bertz CT molecular complexity index is 1050. The van der Waals surface area contributed by atoms with Crippen molar-refractivity contribution < 1.29 is 18.0 Å². The van der Waals surface area contributed by atoms with Gasteiger partial charge in [0.05, 0.1) is 16.8 Å². The van der Waals surface area contributed by atoms with Crippen LogP contribution in [0.15, 0.2) is 60.8 Å². The Balaban J connectivity index is 1.36. The molecule has 1 saturated heterocycles. The molecule has 1 aliphatic rings. The number of carbonyl (C=O) groups is 1. The van der Waals surface area contributed by atoms with E-state index < -0.39 is 11.7 Å². The number of alkyl halides is 3. The number of carbonyl (C=O) groups excluding carboxylic acids is 1. The smallest absolute Gasteiger partial charge is 0.323 e. The number of nitrogens with zero attached hydrogens (tertiary/aromatic N) is 3. The second kappa shape index (κ2) is 8.93. The van der Waals surface area contributed by atoms with Crippen LogP contribution in [0, 0.1) is 0 Å². The number of hydrogen-bond donors (Lipinski definition) is 1. The molecule has 2 heterocycles. The van der Waals surface area contributed by atoms with Crippen LogP contribution < -0.4 is 5.32 Å². The standard InChI is InChI=1S/C23H23F3N4O/c24-23(25,26)19-9-7-17(8-10-19)16-29-12-3-13-30(15-14-29)22(31)28-20-6-1-4-18-5-2-11-27-21(18)20/h1-2,4-11H,3,12-16H2,(H,28,31). The largest absolute Gasteiger partial charge is 0.416 e. The topological polar surface area (TPSA) is 48.5 Å². The van der Waals surface area contributed by atoms with Crippen molar-refractivity contribution in [2.75, 3.05) is 31.5 Å². The SMILES string of the molecule is O=C(Nc1cccc2cccnc12)N1CCCN(Cc2ccc(C(F)(F)F)cc2)CC1. The van der Waals surface area contributed by atoms with Gasteiger partial charge in [-0.2, -0.15) is 13.2 Å². The number of urea groups is 1. The van der Waals surface area contributed by atoms with E-state index in [1.165, 1.54) is 12.1 Å². The molecule has 1 fully saturated rings. The van der Waals surface area contributed by atoms with E-state index in [0.29, 0.717) is 31.9 Å². The Morgan fingerprint density at radius 1 is 0.968 bits per heavy atom. The number of fused-ring (bicyclic) bond motifs is 1. The van der Waals surface area contributed by atoms with Crippen LogP contribution in [0.3, 0.4) is 0 Å². The quantitative estimate of drug-likeness (QED) is 0.639. The number of halogens is 3. The highest BCUT2D eigenvalue weighted by atomic mass is 19.4. The average Bonchev–Trinajstić information content (AvgIpc) is 2.99. The first-order valence-electron chi connectivity index (χ1n) is 10.2. The molecule has 0 spiro atoms. The van der Waals surface area contributed by atoms with Crippen molar-refractivity contribution in [1.82, 2.24) is 14.8 Å². The average molecular weight is 428 g/mol. The van der Waals surface area contributed by atoms with Gasteiger partial charge in [-0.25, -0.2) is 4.79 Å². The highest BCUT2D eigenvalue weighted by Crippen LogP contribution is 2.29. The van der Waals surface area contributed by atoms with Crippen molar-refractivity contribution >= 4 is 22.6 Å². The molecule has 3 aromatic rings. The molecule has 1 aliphatic heterocycles. The minimum Gasteiger partial charge on any atom is -0.323 e. The van der Waals surface area contributed by atoms with Gasteiger partial charge >= 0.3 is 12.2 Å². The highest BCUT2D eigenvalue weighted by Gasteiger charge is 2.30. The molecule has 0 aliphatic carbocycles. The molecule has 0 bridgehead atoms. The molecular weight excluding hydrogens is 405 g/mol. The van der Waals surface area contributed by atoms with Crippen LogP contribution in [-0.2, 0) is 12.7 Å². The number of amides is 2. The first-order chi connectivity index (χ1) is 14.9. The van der Waals surface area contributed by atoms with Crippen LogP contribution in [0.5, 0.6) is 0 Å². The lowest BCUT2D eigenvalue weighted by atomic mass is 10.1. The number of hydrogen-bond acceptors (Lipinski definition) is 3. The number of benzene rings is 2. The zero-order valence-corrected chi connectivity index (χ0v) is 16.9. The summed E-state index contributed by atoms with van der Waals surface area (Å²) in [5.74, 6) is 0. The molecule has 31 heavy (non-hydrogen) atoms. The van der Waals surface area contributed by atoms with Crippen molar-refractivity contribution in [3.63, 3.8) is 0 Å². The first kappa shape index (κ1) is 21.1. The second-order valence-corrected chi connectivity index (χ2v) is 7.62. The normalized spacial score (nSPS) is 15.6. The lowest BCUT2D eigenvalue weighted by Crippen LogP contribution is -2.38. The van der Waals surface area contributed by atoms with Gasteiger partial charge in [-0.15, -0.1) is 0 Å². The van der Waals surface area contributed by atoms with Gasteiger partial charge < -0.3 is 10.2 Å². The van der Waals surface area contributed by atoms with E-state index in [4.69, 9.17) is 0 Å². The molecule has 4 rings (SSSR count). The van der Waals surface area contributed by atoms with E-state index in [9.17, 15) is 18.0 Å².